The topological polar surface area (TPSA) is 71.6 Å². The molecule has 0 amide bonds. The maximum atomic E-state index is 12.0. The Labute approximate surface area is 133 Å². The summed E-state index contributed by atoms with van der Waals surface area (Å²) in [6, 6.07) is 4.26. The number of rotatable bonds is 3. The lowest BCUT2D eigenvalue weighted by Crippen LogP contribution is -2.21. The van der Waals surface area contributed by atoms with Gasteiger partial charge in [-0.3, -0.25) is 4.79 Å². The summed E-state index contributed by atoms with van der Waals surface area (Å²) in [5, 5.41) is 9.23. The van der Waals surface area contributed by atoms with Gasteiger partial charge in [0.05, 0.1) is 17.8 Å². The number of imidazole rings is 1. The molecule has 2 aromatic heterocycles. The number of hydrogen-bond donors (Lipinski definition) is 0. The standard InChI is InChI=1S/C16H17ClN4O/c1-10(22)16-20-13-9-19-15(17)8-14(13)21(16)12-4-2-11(3-5-12)6-7-18/h8-9,11-12H,2-6H2,1H3/t11-,12-. The highest BCUT2D eigenvalue weighted by atomic mass is 35.5. The third-order valence-corrected chi connectivity index (χ3v) is 4.63. The first-order chi connectivity index (χ1) is 10.6. The van der Waals surface area contributed by atoms with Gasteiger partial charge in [0.15, 0.2) is 11.6 Å². The van der Waals surface area contributed by atoms with E-state index in [2.05, 4.69) is 16.0 Å². The molecule has 3 rings (SSSR count). The first-order valence-electron chi connectivity index (χ1n) is 7.51. The largest absolute Gasteiger partial charge is 0.318 e. The molecule has 0 radical (unpaired) electrons. The quantitative estimate of drug-likeness (QED) is 0.635. The fourth-order valence-electron chi connectivity index (χ4n) is 3.33. The number of nitrogens with zero attached hydrogens (tertiary/aromatic N) is 4. The average molecular weight is 317 g/mol. The number of aromatic nitrogens is 3. The predicted octanol–water partition coefficient (Wildman–Crippen LogP) is 3.93. The molecule has 0 aromatic carbocycles. The van der Waals surface area contributed by atoms with Gasteiger partial charge >= 0.3 is 0 Å². The van der Waals surface area contributed by atoms with Crippen LogP contribution in [0, 0.1) is 17.2 Å². The van der Waals surface area contributed by atoms with Crippen LogP contribution >= 0.6 is 11.6 Å². The summed E-state index contributed by atoms with van der Waals surface area (Å²) in [4.78, 5) is 20.4. The van der Waals surface area contributed by atoms with Crippen LogP contribution in [0.25, 0.3) is 11.0 Å². The van der Waals surface area contributed by atoms with E-state index in [0.717, 1.165) is 31.2 Å². The minimum absolute atomic E-state index is 0.0496. The molecule has 0 bridgehead atoms. The van der Waals surface area contributed by atoms with Gasteiger partial charge in [0.2, 0.25) is 0 Å². The number of fused-ring (bicyclic) bond motifs is 1. The Kier molecular flexibility index (Phi) is 4.12. The molecular formula is C16H17ClN4O. The molecule has 1 aliphatic rings. The van der Waals surface area contributed by atoms with E-state index in [1.807, 2.05) is 4.57 Å². The molecule has 114 valence electrons. The Morgan fingerprint density at radius 2 is 2.18 bits per heavy atom. The van der Waals surface area contributed by atoms with Crippen molar-refractivity contribution in [2.24, 2.45) is 5.92 Å². The Morgan fingerprint density at radius 1 is 1.45 bits per heavy atom. The second kappa shape index (κ2) is 6.05. The summed E-state index contributed by atoms with van der Waals surface area (Å²) in [5.74, 6) is 0.899. The van der Waals surface area contributed by atoms with E-state index < -0.39 is 0 Å². The number of carbonyl (C=O) groups is 1. The fraction of sp³-hybridized carbons (Fsp3) is 0.500. The Hall–Kier alpha value is -1.93. The summed E-state index contributed by atoms with van der Waals surface area (Å²) in [7, 11) is 0. The fourth-order valence-corrected chi connectivity index (χ4v) is 3.48. The van der Waals surface area contributed by atoms with Crippen molar-refractivity contribution in [1.82, 2.24) is 14.5 Å². The lowest BCUT2D eigenvalue weighted by Gasteiger charge is -2.29. The molecule has 0 spiro atoms. The smallest absolute Gasteiger partial charge is 0.195 e. The molecule has 1 fully saturated rings. The summed E-state index contributed by atoms with van der Waals surface area (Å²) in [6.07, 6.45) is 6.16. The van der Waals surface area contributed by atoms with Crippen LogP contribution in [0.1, 0.15) is 55.7 Å². The highest BCUT2D eigenvalue weighted by molar-refractivity contribution is 6.30. The second-order valence-corrected chi connectivity index (χ2v) is 6.28. The van der Waals surface area contributed by atoms with Crippen molar-refractivity contribution in [3.8, 4) is 6.07 Å². The van der Waals surface area contributed by atoms with Crippen molar-refractivity contribution in [1.29, 1.82) is 5.26 Å². The molecule has 5 nitrogen and oxygen atoms in total. The Bertz CT molecular complexity index is 753. The summed E-state index contributed by atoms with van der Waals surface area (Å²) in [6.45, 7) is 1.54. The van der Waals surface area contributed by atoms with Crippen molar-refractivity contribution >= 4 is 28.4 Å². The Balaban J connectivity index is 1.99. The third kappa shape index (κ3) is 2.71. The number of hydrogen-bond acceptors (Lipinski definition) is 4. The van der Waals surface area contributed by atoms with E-state index in [9.17, 15) is 4.79 Å². The van der Waals surface area contributed by atoms with Crippen LogP contribution in [0.3, 0.4) is 0 Å². The SMILES string of the molecule is CC(=O)c1nc2cnc(Cl)cc2n1[C@H]1CC[C@H](CC#N)CC1. The van der Waals surface area contributed by atoms with Crippen molar-refractivity contribution < 1.29 is 4.79 Å². The highest BCUT2D eigenvalue weighted by Gasteiger charge is 2.27. The molecule has 0 saturated heterocycles. The minimum atomic E-state index is -0.0496. The maximum Gasteiger partial charge on any atom is 0.195 e. The molecule has 0 aliphatic heterocycles. The summed E-state index contributed by atoms with van der Waals surface area (Å²) >= 11 is 6.01. The normalized spacial score (nSPS) is 21.7. The predicted molar refractivity (Wildman–Crippen MR) is 83.8 cm³/mol. The summed E-state index contributed by atoms with van der Waals surface area (Å²) < 4.78 is 2.02. The lowest BCUT2D eigenvalue weighted by atomic mass is 9.84. The van der Waals surface area contributed by atoms with E-state index in [1.54, 1.807) is 12.3 Å². The zero-order valence-corrected chi connectivity index (χ0v) is 13.2. The second-order valence-electron chi connectivity index (χ2n) is 5.89. The first kappa shape index (κ1) is 15.0. The zero-order chi connectivity index (χ0) is 15.7. The minimum Gasteiger partial charge on any atom is -0.318 e. The van der Waals surface area contributed by atoms with Gasteiger partial charge in [-0.25, -0.2) is 9.97 Å². The number of Topliss-reactive ketones (excluding diaryl/α,β-unsaturated/α-hetero) is 1. The average Bonchev–Trinajstić information content (AvgIpc) is 2.87. The van der Waals surface area contributed by atoms with Crippen molar-refractivity contribution in [2.75, 3.05) is 0 Å². The van der Waals surface area contributed by atoms with E-state index in [4.69, 9.17) is 16.9 Å². The maximum absolute atomic E-state index is 12.0. The van der Waals surface area contributed by atoms with Crippen LogP contribution in [0.5, 0.6) is 0 Å². The van der Waals surface area contributed by atoms with Gasteiger partial charge in [-0.05, 0) is 31.6 Å². The number of nitriles is 1. The van der Waals surface area contributed by atoms with Gasteiger partial charge in [-0.2, -0.15) is 5.26 Å². The van der Waals surface area contributed by atoms with Crippen LogP contribution in [0.2, 0.25) is 5.15 Å². The van der Waals surface area contributed by atoms with Crippen molar-refractivity contribution in [3.05, 3.63) is 23.2 Å². The third-order valence-electron chi connectivity index (χ3n) is 4.42. The van der Waals surface area contributed by atoms with Crippen LogP contribution in [0.4, 0.5) is 0 Å². The Morgan fingerprint density at radius 3 is 2.82 bits per heavy atom. The van der Waals surface area contributed by atoms with E-state index in [0.29, 0.717) is 28.8 Å². The lowest BCUT2D eigenvalue weighted by molar-refractivity contribution is 0.0995. The first-order valence-corrected chi connectivity index (χ1v) is 7.89. The molecule has 6 heteroatoms. The number of carbonyl (C=O) groups excluding carboxylic acids is 1. The van der Waals surface area contributed by atoms with Crippen LogP contribution in [0.15, 0.2) is 12.3 Å². The molecule has 0 unspecified atom stereocenters. The highest BCUT2D eigenvalue weighted by Crippen LogP contribution is 2.36. The molecule has 22 heavy (non-hydrogen) atoms. The van der Waals surface area contributed by atoms with Gasteiger partial charge in [0.1, 0.15) is 10.7 Å². The van der Waals surface area contributed by atoms with Gasteiger partial charge in [0, 0.05) is 25.5 Å². The molecule has 1 saturated carbocycles. The molecule has 2 heterocycles. The molecule has 0 N–H and O–H groups in total. The van der Waals surface area contributed by atoms with Crippen molar-refractivity contribution in [2.45, 2.75) is 45.1 Å². The molecule has 0 atom stereocenters. The van der Waals surface area contributed by atoms with E-state index >= 15 is 0 Å². The van der Waals surface area contributed by atoms with E-state index in [-0.39, 0.29) is 11.8 Å². The van der Waals surface area contributed by atoms with Crippen LogP contribution in [-0.2, 0) is 0 Å². The number of ketones is 1. The number of pyridine rings is 1. The molecule has 1 aliphatic carbocycles. The van der Waals surface area contributed by atoms with Crippen LogP contribution < -0.4 is 0 Å². The van der Waals surface area contributed by atoms with E-state index in [1.165, 1.54) is 6.92 Å². The summed E-state index contributed by atoms with van der Waals surface area (Å²) in [5.41, 5.74) is 1.57. The van der Waals surface area contributed by atoms with Crippen LogP contribution in [-0.4, -0.2) is 20.3 Å². The monoisotopic (exact) mass is 316 g/mol. The number of halogens is 1. The van der Waals surface area contributed by atoms with Gasteiger partial charge < -0.3 is 4.57 Å². The molecular weight excluding hydrogens is 300 g/mol. The van der Waals surface area contributed by atoms with Gasteiger partial charge in [-0.1, -0.05) is 11.6 Å². The molecule has 2 aromatic rings. The zero-order valence-electron chi connectivity index (χ0n) is 12.4. The van der Waals surface area contributed by atoms with Crippen molar-refractivity contribution in [3.63, 3.8) is 0 Å². The van der Waals surface area contributed by atoms with Gasteiger partial charge in [0.25, 0.3) is 0 Å². The van der Waals surface area contributed by atoms with Gasteiger partial charge in [-0.15, -0.1) is 0 Å².